The zero-order valence-electron chi connectivity index (χ0n) is 9.87. The SMILES string of the molecule is Cc1nn(C)c(NCc2ccccc2Br)c1N. The second-order valence-electron chi connectivity index (χ2n) is 3.92. The Balaban J connectivity index is 2.15. The summed E-state index contributed by atoms with van der Waals surface area (Å²) in [7, 11) is 1.88. The van der Waals surface area contributed by atoms with Crippen molar-refractivity contribution in [2.75, 3.05) is 11.1 Å². The topological polar surface area (TPSA) is 55.9 Å². The van der Waals surface area contributed by atoms with Gasteiger partial charge in [0.1, 0.15) is 5.82 Å². The zero-order chi connectivity index (χ0) is 12.4. The first-order chi connectivity index (χ1) is 8.09. The number of hydrogen-bond acceptors (Lipinski definition) is 3. The fourth-order valence-electron chi connectivity index (χ4n) is 1.70. The van der Waals surface area contributed by atoms with Crippen molar-refractivity contribution >= 4 is 27.4 Å². The molecule has 0 unspecified atom stereocenters. The summed E-state index contributed by atoms with van der Waals surface area (Å²) < 4.78 is 2.85. The molecule has 3 N–H and O–H groups in total. The van der Waals surface area contributed by atoms with Gasteiger partial charge in [-0.3, -0.25) is 4.68 Å². The maximum absolute atomic E-state index is 5.95. The lowest BCUT2D eigenvalue weighted by molar-refractivity contribution is 0.758. The molecule has 0 aliphatic carbocycles. The number of nitrogens with one attached hydrogen (secondary N) is 1. The van der Waals surface area contributed by atoms with Crippen molar-refractivity contribution in [1.29, 1.82) is 0 Å². The summed E-state index contributed by atoms with van der Waals surface area (Å²) in [6.07, 6.45) is 0. The van der Waals surface area contributed by atoms with Gasteiger partial charge in [-0.2, -0.15) is 5.10 Å². The standard InChI is InChI=1S/C12H15BrN4/c1-8-11(14)12(17(2)16-8)15-7-9-5-3-4-6-10(9)13/h3-6,15H,7,14H2,1-2H3. The van der Waals surface area contributed by atoms with Crippen molar-refractivity contribution in [3.8, 4) is 0 Å². The molecule has 0 spiro atoms. The molecule has 0 amide bonds. The molecule has 0 fully saturated rings. The average Bonchev–Trinajstić information content (AvgIpc) is 2.53. The van der Waals surface area contributed by atoms with Crippen LogP contribution in [0.1, 0.15) is 11.3 Å². The fourth-order valence-corrected chi connectivity index (χ4v) is 2.13. The van der Waals surface area contributed by atoms with E-state index in [2.05, 4.69) is 32.4 Å². The summed E-state index contributed by atoms with van der Waals surface area (Å²) in [6, 6.07) is 8.10. The van der Waals surface area contributed by atoms with Crippen molar-refractivity contribution in [2.24, 2.45) is 7.05 Å². The smallest absolute Gasteiger partial charge is 0.148 e. The maximum Gasteiger partial charge on any atom is 0.148 e. The van der Waals surface area contributed by atoms with E-state index in [1.165, 1.54) is 5.56 Å². The zero-order valence-corrected chi connectivity index (χ0v) is 11.5. The molecule has 5 heteroatoms. The minimum Gasteiger partial charge on any atom is -0.394 e. The van der Waals surface area contributed by atoms with Gasteiger partial charge in [0.05, 0.1) is 11.4 Å². The number of rotatable bonds is 3. The lowest BCUT2D eigenvalue weighted by atomic mass is 10.2. The molecule has 17 heavy (non-hydrogen) atoms. The van der Waals surface area contributed by atoms with E-state index >= 15 is 0 Å². The van der Waals surface area contributed by atoms with Crippen LogP contribution >= 0.6 is 15.9 Å². The molecule has 2 aromatic rings. The van der Waals surface area contributed by atoms with Gasteiger partial charge in [0, 0.05) is 18.1 Å². The van der Waals surface area contributed by atoms with Gasteiger partial charge in [-0.05, 0) is 18.6 Å². The highest BCUT2D eigenvalue weighted by molar-refractivity contribution is 9.10. The Hall–Kier alpha value is -1.49. The molecule has 0 bridgehead atoms. The number of hydrogen-bond donors (Lipinski definition) is 2. The highest BCUT2D eigenvalue weighted by Crippen LogP contribution is 2.23. The monoisotopic (exact) mass is 294 g/mol. The van der Waals surface area contributed by atoms with E-state index in [-0.39, 0.29) is 0 Å². The molecule has 0 radical (unpaired) electrons. The lowest BCUT2D eigenvalue weighted by Crippen LogP contribution is -2.06. The maximum atomic E-state index is 5.95. The summed E-state index contributed by atoms with van der Waals surface area (Å²) >= 11 is 3.52. The third-order valence-corrected chi connectivity index (χ3v) is 3.45. The van der Waals surface area contributed by atoms with Gasteiger partial charge < -0.3 is 11.1 Å². The van der Waals surface area contributed by atoms with Gasteiger partial charge in [-0.15, -0.1) is 0 Å². The Bertz CT molecular complexity index is 533. The summed E-state index contributed by atoms with van der Waals surface area (Å²) in [5, 5.41) is 7.57. The Morgan fingerprint density at radius 3 is 2.71 bits per heavy atom. The Morgan fingerprint density at radius 2 is 2.12 bits per heavy atom. The van der Waals surface area contributed by atoms with Crippen LogP contribution < -0.4 is 11.1 Å². The average molecular weight is 295 g/mol. The van der Waals surface area contributed by atoms with Crippen LogP contribution in [-0.2, 0) is 13.6 Å². The molecule has 0 aliphatic rings. The van der Waals surface area contributed by atoms with Gasteiger partial charge >= 0.3 is 0 Å². The van der Waals surface area contributed by atoms with Crippen molar-refractivity contribution in [1.82, 2.24) is 9.78 Å². The number of aromatic nitrogens is 2. The highest BCUT2D eigenvalue weighted by Gasteiger charge is 2.09. The normalized spacial score (nSPS) is 10.5. The van der Waals surface area contributed by atoms with Crippen LogP contribution in [-0.4, -0.2) is 9.78 Å². The van der Waals surface area contributed by atoms with Crippen molar-refractivity contribution in [3.63, 3.8) is 0 Å². The largest absolute Gasteiger partial charge is 0.394 e. The number of aryl methyl sites for hydroxylation is 2. The fraction of sp³-hybridized carbons (Fsp3) is 0.250. The van der Waals surface area contributed by atoms with Crippen LogP contribution in [0, 0.1) is 6.92 Å². The molecule has 2 rings (SSSR count). The molecular formula is C12H15BrN4. The van der Waals surface area contributed by atoms with E-state index in [9.17, 15) is 0 Å². The second-order valence-corrected chi connectivity index (χ2v) is 4.77. The number of benzene rings is 1. The molecular weight excluding hydrogens is 280 g/mol. The van der Waals surface area contributed by atoms with Crippen LogP contribution in [0.2, 0.25) is 0 Å². The lowest BCUT2D eigenvalue weighted by Gasteiger charge is -2.09. The molecule has 0 aliphatic heterocycles. The third-order valence-electron chi connectivity index (χ3n) is 2.67. The number of anilines is 2. The molecule has 1 aromatic heterocycles. The van der Waals surface area contributed by atoms with E-state index in [0.717, 1.165) is 16.0 Å². The summed E-state index contributed by atoms with van der Waals surface area (Å²) in [4.78, 5) is 0. The Morgan fingerprint density at radius 1 is 1.41 bits per heavy atom. The number of nitrogens with two attached hydrogens (primary N) is 1. The molecule has 1 heterocycles. The molecule has 0 saturated heterocycles. The molecule has 90 valence electrons. The van der Waals surface area contributed by atoms with Crippen molar-refractivity contribution < 1.29 is 0 Å². The Kier molecular flexibility index (Phi) is 3.38. The molecule has 4 nitrogen and oxygen atoms in total. The molecule has 1 aromatic carbocycles. The summed E-state index contributed by atoms with van der Waals surface area (Å²) in [6.45, 7) is 2.61. The van der Waals surface area contributed by atoms with E-state index in [1.807, 2.05) is 32.2 Å². The minimum atomic E-state index is 0.708. The third kappa shape index (κ3) is 2.44. The first-order valence-electron chi connectivity index (χ1n) is 5.36. The predicted molar refractivity (Wildman–Crippen MR) is 73.8 cm³/mol. The van der Waals surface area contributed by atoms with Gasteiger partial charge in [-0.25, -0.2) is 0 Å². The Labute approximate surface area is 109 Å². The first-order valence-corrected chi connectivity index (χ1v) is 6.15. The number of nitrogens with zero attached hydrogens (tertiary/aromatic N) is 2. The van der Waals surface area contributed by atoms with E-state index in [4.69, 9.17) is 5.73 Å². The van der Waals surface area contributed by atoms with Crippen LogP contribution in [0.15, 0.2) is 28.7 Å². The predicted octanol–water partition coefficient (Wildman–Crippen LogP) is 2.69. The van der Waals surface area contributed by atoms with E-state index in [0.29, 0.717) is 12.2 Å². The van der Waals surface area contributed by atoms with Crippen LogP contribution in [0.25, 0.3) is 0 Å². The van der Waals surface area contributed by atoms with Crippen molar-refractivity contribution in [2.45, 2.75) is 13.5 Å². The number of nitrogen functional groups attached to an aromatic ring is 1. The summed E-state index contributed by atoms with van der Waals surface area (Å²) in [5.74, 6) is 0.859. The number of halogens is 1. The van der Waals surface area contributed by atoms with Crippen LogP contribution in [0.4, 0.5) is 11.5 Å². The first kappa shape index (κ1) is 12.0. The van der Waals surface area contributed by atoms with Gasteiger partial charge in [0.2, 0.25) is 0 Å². The van der Waals surface area contributed by atoms with Crippen molar-refractivity contribution in [3.05, 3.63) is 40.0 Å². The summed E-state index contributed by atoms with van der Waals surface area (Å²) in [5.41, 5.74) is 8.69. The molecule has 0 atom stereocenters. The second kappa shape index (κ2) is 4.79. The van der Waals surface area contributed by atoms with E-state index < -0.39 is 0 Å². The quantitative estimate of drug-likeness (QED) is 0.915. The minimum absolute atomic E-state index is 0.708. The molecule has 0 saturated carbocycles. The van der Waals surface area contributed by atoms with Crippen LogP contribution in [0.5, 0.6) is 0 Å². The van der Waals surface area contributed by atoms with Gasteiger partial charge in [0.25, 0.3) is 0 Å². The van der Waals surface area contributed by atoms with Gasteiger partial charge in [0.15, 0.2) is 0 Å². The highest BCUT2D eigenvalue weighted by atomic mass is 79.9. The van der Waals surface area contributed by atoms with Crippen LogP contribution in [0.3, 0.4) is 0 Å². The van der Waals surface area contributed by atoms with E-state index in [1.54, 1.807) is 4.68 Å². The van der Waals surface area contributed by atoms with Gasteiger partial charge in [-0.1, -0.05) is 34.1 Å².